The van der Waals surface area contributed by atoms with E-state index in [1.165, 1.54) is 5.56 Å². The molecule has 1 heterocycles. The molecule has 4 heteroatoms. The second-order valence-corrected chi connectivity index (χ2v) is 6.81. The number of nitrogens with zero attached hydrogens (tertiary/aromatic N) is 1. The zero-order chi connectivity index (χ0) is 17.3. The van der Waals surface area contributed by atoms with Crippen molar-refractivity contribution in [1.82, 2.24) is 4.90 Å². The van der Waals surface area contributed by atoms with Crippen LogP contribution in [0.3, 0.4) is 0 Å². The highest BCUT2D eigenvalue weighted by Gasteiger charge is 2.44. The molecule has 24 heavy (non-hydrogen) atoms. The van der Waals surface area contributed by atoms with Crippen molar-refractivity contribution >= 4 is 17.5 Å². The van der Waals surface area contributed by atoms with Gasteiger partial charge in [-0.2, -0.15) is 0 Å². The Labute approximate surface area is 142 Å². The number of carbonyl (C=O) groups excluding carboxylic acids is 2. The van der Waals surface area contributed by atoms with Gasteiger partial charge < -0.3 is 10.2 Å². The van der Waals surface area contributed by atoms with E-state index in [4.69, 9.17) is 0 Å². The lowest BCUT2D eigenvalue weighted by Crippen LogP contribution is -2.61. The number of carbonyl (C=O) groups is 2. The number of benzene rings is 2. The SMILES string of the molecule is Cc1cccc(C)c1NC(=O)C(=O)N1CC(C)(c2ccccc2)C1. The maximum absolute atomic E-state index is 12.4. The third kappa shape index (κ3) is 2.92. The molecule has 124 valence electrons. The molecule has 2 aromatic carbocycles. The molecular weight excluding hydrogens is 300 g/mol. The first-order valence-electron chi connectivity index (χ1n) is 8.13. The van der Waals surface area contributed by atoms with E-state index in [0.29, 0.717) is 13.1 Å². The molecule has 2 aromatic rings. The fourth-order valence-corrected chi connectivity index (χ4v) is 3.29. The van der Waals surface area contributed by atoms with Gasteiger partial charge >= 0.3 is 11.8 Å². The highest BCUT2D eigenvalue weighted by molar-refractivity contribution is 6.39. The second-order valence-electron chi connectivity index (χ2n) is 6.81. The van der Waals surface area contributed by atoms with Crippen LogP contribution in [-0.4, -0.2) is 29.8 Å². The molecule has 1 aliphatic heterocycles. The van der Waals surface area contributed by atoms with Gasteiger partial charge in [-0.1, -0.05) is 55.5 Å². The molecule has 1 aliphatic rings. The molecule has 0 unspecified atom stereocenters. The molecule has 0 atom stereocenters. The largest absolute Gasteiger partial charge is 0.333 e. The van der Waals surface area contributed by atoms with Crippen LogP contribution in [-0.2, 0) is 15.0 Å². The van der Waals surface area contributed by atoms with E-state index >= 15 is 0 Å². The Balaban J connectivity index is 1.65. The Morgan fingerprint density at radius 3 is 2.12 bits per heavy atom. The maximum atomic E-state index is 12.4. The van der Waals surface area contributed by atoms with Gasteiger partial charge in [0.1, 0.15) is 0 Å². The molecule has 4 nitrogen and oxygen atoms in total. The lowest BCUT2D eigenvalue weighted by Gasteiger charge is -2.48. The molecule has 0 radical (unpaired) electrons. The summed E-state index contributed by atoms with van der Waals surface area (Å²) in [6, 6.07) is 15.9. The summed E-state index contributed by atoms with van der Waals surface area (Å²) in [5.74, 6) is -1.03. The summed E-state index contributed by atoms with van der Waals surface area (Å²) in [6.45, 7) is 7.09. The molecule has 1 N–H and O–H groups in total. The maximum Gasteiger partial charge on any atom is 0.313 e. The van der Waals surface area contributed by atoms with E-state index in [0.717, 1.165) is 16.8 Å². The summed E-state index contributed by atoms with van der Waals surface area (Å²) < 4.78 is 0. The summed E-state index contributed by atoms with van der Waals surface area (Å²) in [5.41, 5.74) is 3.75. The minimum absolute atomic E-state index is 0.0736. The molecular formula is C20H22N2O2. The quantitative estimate of drug-likeness (QED) is 0.864. The normalized spacial score (nSPS) is 15.5. The first kappa shape index (κ1) is 16.2. The topological polar surface area (TPSA) is 49.4 Å². The zero-order valence-electron chi connectivity index (χ0n) is 14.3. The first-order chi connectivity index (χ1) is 11.4. The van der Waals surface area contributed by atoms with Crippen molar-refractivity contribution in [1.29, 1.82) is 0 Å². The summed E-state index contributed by atoms with van der Waals surface area (Å²) in [4.78, 5) is 26.3. The smallest absolute Gasteiger partial charge is 0.313 e. The van der Waals surface area contributed by atoms with Gasteiger partial charge in [0, 0.05) is 24.2 Å². The van der Waals surface area contributed by atoms with Gasteiger partial charge in [0.15, 0.2) is 0 Å². The van der Waals surface area contributed by atoms with Crippen molar-refractivity contribution in [2.75, 3.05) is 18.4 Å². The van der Waals surface area contributed by atoms with Crippen LogP contribution in [0.4, 0.5) is 5.69 Å². The summed E-state index contributed by atoms with van der Waals surface area (Å²) in [7, 11) is 0. The number of para-hydroxylation sites is 1. The van der Waals surface area contributed by atoms with Crippen molar-refractivity contribution in [3.8, 4) is 0 Å². The lowest BCUT2D eigenvalue weighted by atomic mass is 9.75. The predicted octanol–water partition coefficient (Wildman–Crippen LogP) is 3.04. The lowest BCUT2D eigenvalue weighted by molar-refractivity contribution is -0.148. The van der Waals surface area contributed by atoms with Crippen molar-refractivity contribution in [2.24, 2.45) is 0 Å². The van der Waals surface area contributed by atoms with Gasteiger partial charge in [-0.3, -0.25) is 9.59 Å². The van der Waals surface area contributed by atoms with Crippen LogP contribution in [0.1, 0.15) is 23.6 Å². The second kappa shape index (κ2) is 6.11. The molecule has 2 amide bonds. The molecule has 3 rings (SSSR count). The molecule has 1 saturated heterocycles. The van der Waals surface area contributed by atoms with Gasteiger partial charge in [-0.15, -0.1) is 0 Å². The summed E-state index contributed by atoms with van der Waals surface area (Å²) in [6.07, 6.45) is 0. The molecule has 0 bridgehead atoms. The van der Waals surface area contributed by atoms with Gasteiger partial charge in [-0.05, 0) is 30.5 Å². The minimum atomic E-state index is -0.567. The van der Waals surface area contributed by atoms with Crippen LogP contribution in [0.5, 0.6) is 0 Å². The molecule has 1 fully saturated rings. The minimum Gasteiger partial charge on any atom is -0.333 e. The van der Waals surface area contributed by atoms with Crippen molar-refractivity contribution < 1.29 is 9.59 Å². The number of likely N-dealkylation sites (tertiary alicyclic amines) is 1. The van der Waals surface area contributed by atoms with Crippen LogP contribution in [0.25, 0.3) is 0 Å². The van der Waals surface area contributed by atoms with Crippen LogP contribution in [0, 0.1) is 13.8 Å². The summed E-state index contributed by atoms with van der Waals surface area (Å²) in [5, 5.41) is 2.76. The van der Waals surface area contributed by atoms with Crippen LogP contribution in [0.15, 0.2) is 48.5 Å². The number of rotatable bonds is 2. The zero-order valence-corrected chi connectivity index (χ0v) is 14.3. The number of aryl methyl sites for hydroxylation is 2. The van der Waals surface area contributed by atoms with Crippen LogP contribution in [0.2, 0.25) is 0 Å². The van der Waals surface area contributed by atoms with E-state index < -0.39 is 11.8 Å². The van der Waals surface area contributed by atoms with Crippen LogP contribution >= 0.6 is 0 Å². The molecule has 0 aliphatic carbocycles. The number of hydrogen-bond donors (Lipinski definition) is 1. The fourth-order valence-electron chi connectivity index (χ4n) is 3.29. The van der Waals surface area contributed by atoms with E-state index in [1.54, 1.807) is 4.90 Å². The molecule has 0 aromatic heterocycles. The van der Waals surface area contributed by atoms with Gasteiger partial charge in [0.25, 0.3) is 0 Å². The highest BCUT2D eigenvalue weighted by atomic mass is 16.2. The fraction of sp³-hybridized carbons (Fsp3) is 0.300. The van der Waals surface area contributed by atoms with Crippen molar-refractivity contribution in [3.63, 3.8) is 0 Å². The van der Waals surface area contributed by atoms with E-state index in [-0.39, 0.29) is 5.41 Å². The standard InChI is InChI=1S/C20H22N2O2/c1-14-8-7-9-15(2)17(14)21-18(23)19(24)22-12-20(3,13-22)16-10-5-4-6-11-16/h4-11H,12-13H2,1-3H3,(H,21,23). The number of hydrogen-bond acceptors (Lipinski definition) is 2. The molecule has 0 saturated carbocycles. The highest BCUT2D eigenvalue weighted by Crippen LogP contribution is 2.34. The number of anilines is 1. The molecule has 0 spiro atoms. The Morgan fingerprint density at radius 2 is 1.54 bits per heavy atom. The van der Waals surface area contributed by atoms with Crippen LogP contribution < -0.4 is 5.32 Å². The summed E-state index contributed by atoms with van der Waals surface area (Å²) >= 11 is 0. The predicted molar refractivity (Wildman–Crippen MR) is 94.9 cm³/mol. The third-order valence-electron chi connectivity index (χ3n) is 4.75. The Morgan fingerprint density at radius 1 is 0.958 bits per heavy atom. The average Bonchev–Trinajstić information content (AvgIpc) is 2.55. The third-order valence-corrected chi connectivity index (χ3v) is 4.75. The van der Waals surface area contributed by atoms with Crippen molar-refractivity contribution in [3.05, 3.63) is 65.2 Å². The van der Waals surface area contributed by atoms with Gasteiger partial charge in [0.05, 0.1) is 0 Å². The Kier molecular flexibility index (Phi) is 4.14. The first-order valence-corrected chi connectivity index (χ1v) is 8.13. The number of nitrogens with one attached hydrogen (secondary N) is 1. The monoisotopic (exact) mass is 322 g/mol. The van der Waals surface area contributed by atoms with Crippen molar-refractivity contribution in [2.45, 2.75) is 26.2 Å². The Hall–Kier alpha value is -2.62. The Bertz CT molecular complexity index is 757. The average molecular weight is 322 g/mol. The van der Waals surface area contributed by atoms with E-state index in [1.807, 2.05) is 50.2 Å². The van der Waals surface area contributed by atoms with Gasteiger partial charge in [0.2, 0.25) is 0 Å². The number of amides is 2. The van der Waals surface area contributed by atoms with Gasteiger partial charge in [-0.25, -0.2) is 0 Å². The van der Waals surface area contributed by atoms with E-state index in [2.05, 4.69) is 24.4 Å². The van der Waals surface area contributed by atoms with E-state index in [9.17, 15) is 9.59 Å².